The Hall–Kier alpha value is -1.76. The molecule has 0 fully saturated rings. The Morgan fingerprint density at radius 3 is 2.25 bits per heavy atom. The van der Waals surface area contributed by atoms with Crippen LogP contribution in [-0.4, -0.2) is 11.2 Å². The number of hydrogen-bond acceptors (Lipinski definition) is 2. The molecule has 1 rings (SSSR count). The zero-order valence-electron chi connectivity index (χ0n) is 8.01. The molecule has 1 aromatic rings. The van der Waals surface area contributed by atoms with Gasteiger partial charge in [0.15, 0.2) is 0 Å². The highest BCUT2D eigenvalue weighted by molar-refractivity contribution is 5.72. The van der Waals surface area contributed by atoms with Crippen LogP contribution in [0.25, 0.3) is 0 Å². The van der Waals surface area contributed by atoms with Crippen molar-refractivity contribution in [3.8, 4) is 0 Å². The predicted molar refractivity (Wildman–Crippen MR) is 48.6 cm³/mol. The van der Waals surface area contributed by atoms with Gasteiger partial charge in [-0.25, -0.2) is 10.3 Å². The maximum absolute atomic E-state index is 12.2. The fraction of sp³-hybridized carbons (Fsp3) is 0.222. The van der Waals surface area contributed by atoms with Gasteiger partial charge in [-0.05, 0) is 17.7 Å². The Morgan fingerprint density at radius 2 is 1.81 bits per heavy atom. The molecule has 3 N–H and O–H groups in total. The summed E-state index contributed by atoms with van der Waals surface area (Å²) in [6.07, 6.45) is -4.37. The molecular formula is C9H9F3N2O2. The number of rotatable bonds is 2. The Bertz CT molecular complexity index is 362. The minimum atomic E-state index is -4.37. The van der Waals surface area contributed by atoms with E-state index in [9.17, 15) is 18.0 Å². The van der Waals surface area contributed by atoms with Crippen LogP contribution in [0.2, 0.25) is 0 Å². The SMILES string of the molecule is O=C(NO)NCc1ccc(C(F)(F)F)cc1. The number of benzene rings is 1. The monoisotopic (exact) mass is 234 g/mol. The van der Waals surface area contributed by atoms with Gasteiger partial charge in [0.2, 0.25) is 0 Å². The molecule has 0 aliphatic rings. The zero-order valence-corrected chi connectivity index (χ0v) is 8.01. The molecule has 0 heterocycles. The Labute approximate surface area is 89.0 Å². The van der Waals surface area contributed by atoms with Crippen molar-refractivity contribution in [1.82, 2.24) is 10.8 Å². The van der Waals surface area contributed by atoms with Crippen LogP contribution in [0.1, 0.15) is 11.1 Å². The van der Waals surface area contributed by atoms with Gasteiger partial charge < -0.3 is 5.32 Å². The van der Waals surface area contributed by atoms with Crippen molar-refractivity contribution in [2.45, 2.75) is 12.7 Å². The first-order valence-corrected chi connectivity index (χ1v) is 4.27. The van der Waals surface area contributed by atoms with Gasteiger partial charge in [-0.2, -0.15) is 13.2 Å². The molecule has 0 spiro atoms. The van der Waals surface area contributed by atoms with E-state index in [0.717, 1.165) is 12.1 Å². The van der Waals surface area contributed by atoms with Gasteiger partial charge in [-0.3, -0.25) is 5.21 Å². The van der Waals surface area contributed by atoms with E-state index < -0.39 is 17.8 Å². The first kappa shape index (κ1) is 12.3. The lowest BCUT2D eigenvalue weighted by atomic mass is 10.1. The Morgan fingerprint density at radius 1 is 1.25 bits per heavy atom. The molecule has 0 saturated heterocycles. The molecule has 0 atom stereocenters. The van der Waals surface area contributed by atoms with Gasteiger partial charge in [0.05, 0.1) is 5.56 Å². The molecule has 0 radical (unpaired) electrons. The second-order valence-corrected chi connectivity index (χ2v) is 2.99. The van der Waals surface area contributed by atoms with Crippen LogP contribution >= 0.6 is 0 Å². The topological polar surface area (TPSA) is 61.4 Å². The summed E-state index contributed by atoms with van der Waals surface area (Å²) in [5, 5.41) is 10.4. The van der Waals surface area contributed by atoms with Crippen molar-refractivity contribution >= 4 is 6.03 Å². The van der Waals surface area contributed by atoms with Crippen LogP contribution in [0.5, 0.6) is 0 Å². The summed E-state index contributed by atoms with van der Waals surface area (Å²) in [7, 11) is 0. The lowest BCUT2D eigenvalue weighted by Crippen LogP contribution is -2.32. The van der Waals surface area contributed by atoms with Crippen molar-refractivity contribution in [3.63, 3.8) is 0 Å². The largest absolute Gasteiger partial charge is 0.416 e. The maximum atomic E-state index is 12.2. The predicted octanol–water partition coefficient (Wildman–Crippen LogP) is 1.89. The fourth-order valence-electron chi connectivity index (χ4n) is 1.03. The van der Waals surface area contributed by atoms with Crippen LogP contribution in [0.3, 0.4) is 0 Å². The third kappa shape index (κ3) is 3.43. The van der Waals surface area contributed by atoms with Crippen LogP contribution in [0, 0.1) is 0 Å². The number of nitrogens with one attached hydrogen (secondary N) is 2. The third-order valence-electron chi connectivity index (χ3n) is 1.84. The first-order valence-electron chi connectivity index (χ1n) is 4.27. The van der Waals surface area contributed by atoms with Gasteiger partial charge in [0.1, 0.15) is 0 Å². The molecule has 2 amide bonds. The smallest absolute Gasteiger partial charge is 0.332 e. The van der Waals surface area contributed by atoms with Crippen LogP contribution < -0.4 is 10.8 Å². The number of hydroxylamine groups is 1. The molecule has 0 aliphatic carbocycles. The van der Waals surface area contributed by atoms with E-state index in [4.69, 9.17) is 5.21 Å². The molecule has 0 saturated carbocycles. The quantitative estimate of drug-likeness (QED) is 0.540. The highest BCUT2D eigenvalue weighted by Gasteiger charge is 2.29. The molecule has 88 valence electrons. The lowest BCUT2D eigenvalue weighted by molar-refractivity contribution is -0.137. The Balaban J connectivity index is 2.62. The van der Waals surface area contributed by atoms with Gasteiger partial charge in [0, 0.05) is 6.54 Å². The molecule has 7 heteroatoms. The van der Waals surface area contributed by atoms with E-state index in [-0.39, 0.29) is 6.54 Å². The fourth-order valence-corrected chi connectivity index (χ4v) is 1.03. The molecule has 0 aliphatic heterocycles. The number of urea groups is 1. The number of halogens is 3. The van der Waals surface area contributed by atoms with Crippen LogP contribution in [0.4, 0.5) is 18.0 Å². The summed E-state index contributed by atoms with van der Waals surface area (Å²) in [5.41, 5.74) is 1.09. The normalized spacial score (nSPS) is 11.0. The van der Waals surface area contributed by atoms with Gasteiger partial charge >= 0.3 is 12.2 Å². The third-order valence-corrected chi connectivity index (χ3v) is 1.84. The summed E-state index contributed by atoms with van der Waals surface area (Å²) in [5.74, 6) is 0. The summed E-state index contributed by atoms with van der Waals surface area (Å²) < 4.78 is 36.5. The number of carbonyl (C=O) groups is 1. The number of alkyl halides is 3. The molecule has 1 aromatic carbocycles. The number of hydrogen-bond donors (Lipinski definition) is 3. The van der Waals surface area contributed by atoms with E-state index in [1.54, 1.807) is 0 Å². The minimum absolute atomic E-state index is 0.0323. The molecule has 4 nitrogen and oxygen atoms in total. The number of amides is 2. The first-order chi connectivity index (χ1) is 7.43. The van der Waals surface area contributed by atoms with E-state index in [1.165, 1.54) is 17.6 Å². The van der Waals surface area contributed by atoms with E-state index in [1.807, 2.05) is 0 Å². The van der Waals surface area contributed by atoms with Crippen molar-refractivity contribution < 1.29 is 23.2 Å². The van der Waals surface area contributed by atoms with Crippen LogP contribution in [-0.2, 0) is 12.7 Å². The number of carbonyl (C=O) groups excluding carboxylic acids is 1. The summed E-state index contributed by atoms with van der Waals surface area (Å²) in [6.45, 7) is 0.0323. The molecule has 0 bridgehead atoms. The van der Waals surface area contributed by atoms with Crippen molar-refractivity contribution in [2.75, 3.05) is 0 Å². The van der Waals surface area contributed by atoms with E-state index in [0.29, 0.717) is 5.56 Å². The average molecular weight is 234 g/mol. The van der Waals surface area contributed by atoms with Crippen molar-refractivity contribution in [2.24, 2.45) is 0 Å². The maximum Gasteiger partial charge on any atom is 0.416 e. The highest BCUT2D eigenvalue weighted by Crippen LogP contribution is 2.28. The van der Waals surface area contributed by atoms with E-state index in [2.05, 4.69) is 5.32 Å². The highest BCUT2D eigenvalue weighted by atomic mass is 19.4. The molecule has 16 heavy (non-hydrogen) atoms. The summed E-state index contributed by atoms with van der Waals surface area (Å²) in [6, 6.07) is 3.53. The second kappa shape index (κ2) is 4.84. The summed E-state index contributed by atoms with van der Waals surface area (Å²) in [4.78, 5) is 10.6. The standard InChI is InChI=1S/C9H9F3N2O2/c10-9(11,12)7-3-1-6(2-4-7)5-13-8(15)14-16/h1-4,16H,5H2,(H2,13,14,15). The summed E-state index contributed by atoms with van der Waals surface area (Å²) >= 11 is 0. The van der Waals surface area contributed by atoms with Crippen molar-refractivity contribution in [3.05, 3.63) is 35.4 Å². The molecule has 0 aromatic heterocycles. The average Bonchev–Trinajstić information content (AvgIpc) is 2.25. The minimum Gasteiger partial charge on any atom is -0.332 e. The lowest BCUT2D eigenvalue weighted by Gasteiger charge is -2.08. The van der Waals surface area contributed by atoms with E-state index >= 15 is 0 Å². The van der Waals surface area contributed by atoms with Crippen LogP contribution in [0.15, 0.2) is 24.3 Å². The van der Waals surface area contributed by atoms with Gasteiger partial charge in [-0.15, -0.1) is 0 Å². The second-order valence-electron chi connectivity index (χ2n) is 2.99. The Kier molecular flexibility index (Phi) is 3.73. The zero-order chi connectivity index (χ0) is 12.2. The molecular weight excluding hydrogens is 225 g/mol. The molecule has 0 unspecified atom stereocenters. The van der Waals surface area contributed by atoms with Gasteiger partial charge in [0.25, 0.3) is 0 Å². The van der Waals surface area contributed by atoms with Gasteiger partial charge in [-0.1, -0.05) is 12.1 Å². The van der Waals surface area contributed by atoms with Crippen molar-refractivity contribution in [1.29, 1.82) is 0 Å².